The number of aromatic nitrogens is 4. The molecule has 0 fully saturated rings. The average Bonchev–Trinajstić information content (AvgIpc) is 2.79. The largest absolute Gasteiger partial charge is 0.389 e. The van der Waals surface area contributed by atoms with Crippen LogP contribution in [0.2, 0.25) is 0 Å². The number of alkyl halides is 3. The minimum atomic E-state index is -4.08. The maximum atomic E-state index is 12.0. The summed E-state index contributed by atoms with van der Waals surface area (Å²) in [6, 6.07) is -0.00225. The summed E-state index contributed by atoms with van der Waals surface area (Å²) in [4.78, 5) is 0. The van der Waals surface area contributed by atoms with E-state index in [1.54, 1.807) is 4.68 Å². The maximum Gasteiger partial charge on any atom is 0.389 e. The zero-order valence-corrected chi connectivity index (χ0v) is 11.2. The molecule has 0 spiro atoms. The van der Waals surface area contributed by atoms with Crippen molar-refractivity contribution in [3.63, 3.8) is 0 Å². The molecule has 0 saturated carbocycles. The minimum Gasteiger partial charge on any atom is -0.307 e. The van der Waals surface area contributed by atoms with Crippen LogP contribution < -0.4 is 5.32 Å². The Kier molecular flexibility index (Phi) is 6.20. The highest BCUT2D eigenvalue weighted by Gasteiger charge is 2.26. The van der Waals surface area contributed by atoms with E-state index in [9.17, 15) is 13.2 Å². The van der Waals surface area contributed by atoms with Crippen molar-refractivity contribution in [3.8, 4) is 0 Å². The molecule has 0 aliphatic heterocycles. The number of nitrogens with zero attached hydrogens (tertiary/aromatic N) is 4. The summed E-state index contributed by atoms with van der Waals surface area (Å²) in [6.45, 7) is 5.26. The zero-order chi connectivity index (χ0) is 14.3. The molecule has 1 N–H and O–H groups in total. The highest BCUT2D eigenvalue weighted by Crippen LogP contribution is 2.22. The summed E-state index contributed by atoms with van der Waals surface area (Å²) < 4.78 is 37.6. The molecular formula is C11H20F3N5. The molecule has 1 unspecified atom stereocenters. The monoisotopic (exact) mass is 279 g/mol. The van der Waals surface area contributed by atoms with Gasteiger partial charge in [-0.25, -0.2) is 4.68 Å². The molecule has 1 aromatic heterocycles. The van der Waals surface area contributed by atoms with Gasteiger partial charge in [0.1, 0.15) is 0 Å². The Bertz CT molecular complexity index is 363. The Morgan fingerprint density at radius 3 is 2.68 bits per heavy atom. The van der Waals surface area contributed by atoms with Crippen LogP contribution in [0, 0.1) is 0 Å². The summed E-state index contributed by atoms with van der Waals surface area (Å²) in [5.41, 5.74) is 0. The predicted molar refractivity (Wildman–Crippen MR) is 64.4 cm³/mol. The van der Waals surface area contributed by atoms with Gasteiger partial charge in [0, 0.05) is 13.0 Å². The number of rotatable bonds is 8. The predicted octanol–water partition coefficient (Wildman–Crippen LogP) is 2.47. The van der Waals surface area contributed by atoms with E-state index in [1.165, 1.54) is 0 Å². The lowest BCUT2D eigenvalue weighted by atomic mass is 10.2. The van der Waals surface area contributed by atoms with Gasteiger partial charge in [-0.1, -0.05) is 6.92 Å². The van der Waals surface area contributed by atoms with Gasteiger partial charge in [-0.2, -0.15) is 13.2 Å². The average molecular weight is 279 g/mol. The first kappa shape index (κ1) is 15.9. The molecule has 5 nitrogen and oxygen atoms in total. The molecule has 1 rings (SSSR count). The van der Waals surface area contributed by atoms with Crippen LogP contribution in [0.15, 0.2) is 0 Å². The topological polar surface area (TPSA) is 55.6 Å². The fourth-order valence-corrected chi connectivity index (χ4v) is 1.72. The lowest BCUT2D eigenvalue weighted by Crippen LogP contribution is -2.23. The van der Waals surface area contributed by atoms with Crippen LogP contribution in [-0.4, -0.2) is 32.9 Å². The minimum absolute atomic E-state index is 0.00225. The second kappa shape index (κ2) is 7.42. The van der Waals surface area contributed by atoms with Crippen LogP contribution in [0.4, 0.5) is 13.2 Å². The number of nitrogens with one attached hydrogen (secondary N) is 1. The third kappa shape index (κ3) is 6.00. The van der Waals surface area contributed by atoms with E-state index in [2.05, 4.69) is 27.8 Å². The zero-order valence-electron chi connectivity index (χ0n) is 11.2. The summed E-state index contributed by atoms with van der Waals surface area (Å²) in [7, 11) is 0. The van der Waals surface area contributed by atoms with E-state index in [0.29, 0.717) is 18.8 Å². The fourth-order valence-electron chi connectivity index (χ4n) is 1.72. The summed E-state index contributed by atoms with van der Waals surface area (Å²) in [6.07, 6.45) is -3.33. The third-order valence-corrected chi connectivity index (χ3v) is 2.73. The summed E-state index contributed by atoms with van der Waals surface area (Å²) in [5, 5.41) is 14.6. The van der Waals surface area contributed by atoms with Crippen LogP contribution >= 0.6 is 0 Å². The van der Waals surface area contributed by atoms with Crippen molar-refractivity contribution in [2.45, 2.75) is 58.3 Å². The van der Waals surface area contributed by atoms with Crippen LogP contribution in [0.25, 0.3) is 0 Å². The maximum absolute atomic E-state index is 12.0. The molecule has 0 radical (unpaired) electrons. The van der Waals surface area contributed by atoms with Gasteiger partial charge in [-0.15, -0.1) is 5.10 Å². The Balaban J connectivity index is 2.40. The van der Waals surface area contributed by atoms with Gasteiger partial charge in [-0.05, 0) is 43.2 Å². The first-order valence-electron chi connectivity index (χ1n) is 6.50. The highest BCUT2D eigenvalue weighted by atomic mass is 19.4. The van der Waals surface area contributed by atoms with Gasteiger partial charge in [0.2, 0.25) is 0 Å². The third-order valence-electron chi connectivity index (χ3n) is 2.73. The number of hydrogen-bond acceptors (Lipinski definition) is 4. The molecule has 8 heteroatoms. The van der Waals surface area contributed by atoms with Crippen LogP contribution in [-0.2, 0) is 6.54 Å². The van der Waals surface area contributed by atoms with Crippen molar-refractivity contribution in [3.05, 3.63) is 5.82 Å². The van der Waals surface area contributed by atoms with Crippen molar-refractivity contribution < 1.29 is 13.2 Å². The van der Waals surface area contributed by atoms with Gasteiger partial charge in [-0.3, -0.25) is 0 Å². The molecule has 0 saturated heterocycles. The Labute approximate surface area is 110 Å². The van der Waals surface area contributed by atoms with E-state index in [-0.39, 0.29) is 12.5 Å². The number of tetrazole rings is 1. The first-order valence-corrected chi connectivity index (χ1v) is 6.50. The molecule has 0 aliphatic carbocycles. The molecule has 0 aliphatic rings. The van der Waals surface area contributed by atoms with E-state index in [4.69, 9.17) is 0 Å². The quantitative estimate of drug-likeness (QED) is 0.743. The molecule has 0 aromatic carbocycles. The molecule has 1 heterocycles. The lowest BCUT2D eigenvalue weighted by molar-refractivity contribution is -0.135. The molecule has 0 amide bonds. The Morgan fingerprint density at radius 2 is 2.05 bits per heavy atom. The van der Waals surface area contributed by atoms with Gasteiger partial charge < -0.3 is 5.32 Å². The van der Waals surface area contributed by atoms with Crippen LogP contribution in [0.1, 0.15) is 51.4 Å². The molecule has 19 heavy (non-hydrogen) atoms. The van der Waals surface area contributed by atoms with Crippen LogP contribution in [0.5, 0.6) is 0 Å². The molecule has 1 aromatic rings. The van der Waals surface area contributed by atoms with Gasteiger partial charge in [0.05, 0.1) is 6.04 Å². The van der Waals surface area contributed by atoms with E-state index in [1.807, 2.05) is 6.92 Å². The standard InChI is InChI=1S/C11H20F3N5/c1-3-7-15-9(2)10-16-17-18-19(10)8-5-4-6-11(12,13)14/h9,15H,3-8H2,1-2H3. The SMILES string of the molecule is CCCNC(C)c1nnnn1CCCCC(F)(F)F. The molecule has 110 valence electrons. The number of unbranched alkanes of at least 4 members (excludes halogenated alkanes) is 1. The highest BCUT2D eigenvalue weighted by molar-refractivity contribution is 4.89. The molecule has 0 bridgehead atoms. The second-order valence-corrected chi connectivity index (χ2v) is 4.51. The number of halogens is 3. The van der Waals surface area contributed by atoms with Crippen molar-refractivity contribution in [1.82, 2.24) is 25.5 Å². The number of hydrogen-bond donors (Lipinski definition) is 1. The van der Waals surface area contributed by atoms with E-state index in [0.717, 1.165) is 13.0 Å². The van der Waals surface area contributed by atoms with E-state index >= 15 is 0 Å². The number of aryl methyl sites for hydroxylation is 1. The Hall–Kier alpha value is -1.18. The second-order valence-electron chi connectivity index (χ2n) is 4.51. The first-order chi connectivity index (χ1) is 8.94. The smallest absolute Gasteiger partial charge is 0.307 e. The van der Waals surface area contributed by atoms with Crippen molar-refractivity contribution >= 4 is 0 Å². The van der Waals surface area contributed by atoms with Crippen molar-refractivity contribution in [2.75, 3.05) is 6.54 Å². The van der Waals surface area contributed by atoms with Gasteiger partial charge in [0.15, 0.2) is 5.82 Å². The fraction of sp³-hybridized carbons (Fsp3) is 0.909. The van der Waals surface area contributed by atoms with Gasteiger partial charge in [0.25, 0.3) is 0 Å². The normalized spacial score (nSPS) is 13.7. The van der Waals surface area contributed by atoms with Crippen molar-refractivity contribution in [1.29, 1.82) is 0 Å². The van der Waals surface area contributed by atoms with Crippen LogP contribution in [0.3, 0.4) is 0 Å². The molecular weight excluding hydrogens is 259 g/mol. The molecule has 1 atom stereocenters. The lowest BCUT2D eigenvalue weighted by Gasteiger charge is -2.13. The summed E-state index contributed by atoms with van der Waals surface area (Å²) >= 11 is 0. The summed E-state index contributed by atoms with van der Waals surface area (Å²) in [5.74, 6) is 0.667. The van der Waals surface area contributed by atoms with Crippen molar-refractivity contribution in [2.24, 2.45) is 0 Å². The Morgan fingerprint density at radius 1 is 1.32 bits per heavy atom. The van der Waals surface area contributed by atoms with Gasteiger partial charge >= 0.3 is 6.18 Å². The van der Waals surface area contributed by atoms with E-state index < -0.39 is 12.6 Å².